The van der Waals surface area contributed by atoms with Gasteiger partial charge in [0, 0.05) is 6.42 Å². The highest BCUT2D eigenvalue weighted by molar-refractivity contribution is 5.73. The van der Waals surface area contributed by atoms with Crippen molar-refractivity contribution in [3.63, 3.8) is 0 Å². The van der Waals surface area contributed by atoms with E-state index in [1.54, 1.807) is 41.5 Å². The highest BCUT2D eigenvalue weighted by atomic mass is 16.8. The molecule has 0 bridgehead atoms. The zero-order valence-corrected chi connectivity index (χ0v) is 29.9. The van der Waals surface area contributed by atoms with E-state index < -0.39 is 116 Å². The Bertz CT molecular complexity index is 1050. The van der Waals surface area contributed by atoms with Crippen molar-refractivity contribution < 1.29 is 72.8 Å². The first-order valence-electron chi connectivity index (χ1n) is 17.5. The van der Waals surface area contributed by atoms with E-state index in [9.17, 15) is 39.6 Å². The first-order valence-corrected chi connectivity index (χ1v) is 17.5. The molecule has 49 heavy (non-hydrogen) atoms. The number of carbonyl (C=O) groups excluding carboxylic acids is 4. The van der Waals surface area contributed by atoms with Gasteiger partial charge < -0.3 is 53.6 Å². The van der Waals surface area contributed by atoms with Gasteiger partial charge in [0.1, 0.15) is 24.9 Å². The fourth-order valence-electron chi connectivity index (χ4n) is 5.37. The predicted molar refractivity (Wildman–Crippen MR) is 171 cm³/mol. The first kappa shape index (κ1) is 42.8. The maximum absolute atomic E-state index is 13.3. The van der Waals surface area contributed by atoms with Gasteiger partial charge in [-0.15, -0.1) is 0 Å². The number of hydrogen-bond donors (Lipinski definition) is 4. The summed E-state index contributed by atoms with van der Waals surface area (Å²) < 4.78 is 40.6. The highest BCUT2D eigenvalue weighted by Crippen LogP contribution is 2.40. The minimum atomic E-state index is -2.39. The number of rotatable bonds is 20. The molecule has 15 nitrogen and oxygen atoms in total. The molecule has 0 radical (unpaired) electrons. The van der Waals surface area contributed by atoms with Gasteiger partial charge in [-0.3, -0.25) is 19.2 Å². The third-order valence-corrected chi connectivity index (χ3v) is 8.38. The van der Waals surface area contributed by atoms with Gasteiger partial charge in [0.15, 0.2) is 24.4 Å². The van der Waals surface area contributed by atoms with Crippen molar-refractivity contribution >= 4 is 23.9 Å². The van der Waals surface area contributed by atoms with E-state index in [0.29, 0.717) is 6.42 Å². The van der Waals surface area contributed by atoms with E-state index in [2.05, 4.69) is 6.92 Å². The molecule has 2 heterocycles. The lowest BCUT2D eigenvalue weighted by Gasteiger charge is -2.46. The fraction of sp³-hybridized carbons (Fsp3) is 0.882. The summed E-state index contributed by atoms with van der Waals surface area (Å²) in [6.07, 6.45) is -6.22. The molecule has 0 unspecified atom stereocenters. The van der Waals surface area contributed by atoms with Crippen LogP contribution in [0.25, 0.3) is 0 Å². The standard InChI is InChI=1S/C34H58O15/c1-8-9-10-11-12-13-14-15-24(38)44-28-27(46-31(41)20(4)5)26(45-30(40)19(2)3)23(17-36)43-33(28)49-34(18-37)29(47-32(42)21(6)7)25(39)22(16-35)48-34/h19-23,25-29,33,35-37,39H,8-18H2,1-7H3/t22-,23+,25+,26+,27-,28+,29+,33-,34+/m1/s1. The second-order valence-corrected chi connectivity index (χ2v) is 13.6. The van der Waals surface area contributed by atoms with Crippen LogP contribution in [0.15, 0.2) is 0 Å². The molecule has 2 saturated heterocycles. The largest absolute Gasteiger partial charge is 0.455 e. The average molecular weight is 707 g/mol. The van der Waals surface area contributed by atoms with Crippen LogP contribution in [0.1, 0.15) is 99.8 Å². The van der Waals surface area contributed by atoms with Gasteiger partial charge in [-0.2, -0.15) is 0 Å². The van der Waals surface area contributed by atoms with Gasteiger partial charge in [-0.25, -0.2) is 0 Å². The van der Waals surface area contributed by atoms with Gasteiger partial charge in [0.25, 0.3) is 0 Å². The lowest BCUT2D eigenvalue weighted by atomic mass is 9.97. The van der Waals surface area contributed by atoms with Gasteiger partial charge in [0.2, 0.25) is 12.1 Å². The van der Waals surface area contributed by atoms with E-state index in [1.165, 1.54) is 0 Å². The Labute approximate surface area is 288 Å². The Hall–Kier alpha value is -2.40. The van der Waals surface area contributed by atoms with Gasteiger partial charge in [-0.1, -0.05) is 87.0 Å². The van der Waals surface area contributed by atoms with Crippen LogP contribution in [-0.4, -0.2) is 119 Å². The molecule has 2 rings (SSSR count). The molecule has 4 N–H and O–H groups in total. The molecule has 2 fully saturated rings. The second-order valence-electron chi connectivity index (χ2n) is 13.6. The monoisotopic (exact) mass is 706 g/mol. The lowest BCUT2D eigenvalue weighted by Crippen LogP contribution is -2.65. The molecule has 0 spiro atoms. The van der Waals surface area contributed by atoms with Crippen molar-refractivity contribution in [2.75, 3.05) is 19.8 Å². The maximum atomic E-state index is 13.3. The topological polar surface area (TPSA) is 214 Å². The smallest absolute Gasteiger partial charge is 0.308 e. The van der Waals surface area contributed by atoms with Crippen molar-refractivity contribution in [2.45, 2.75) is 155 Å². The number of aliphatic hydroxyl groups excluding tert-OH is 4. The summed E-state index contributed by atoms with van der Waals surface area (Å²) in [5.74, 6) is -7.35. The molecule has 0 aromatic rings. The molecule has 0 aliphatic carbocycles. The summed E-state index contributed by atoms with van der Waals surface area (Å²) >= 11 is 0. The van der Waals surface area contributed by atoms with Gasteiger partial charge in [-0.05, 0) is 6.42 Å². The summed E-state index contributed by atoms with van der Waals surface area (Å²) in [6.45, 7) is 8.88. The highest BCUT2D eigenvalue weighted by Gasteiger charge is 2.62. The molecule has 9 atom stereocenters. The number of unbranched alkanes of at least 4 members (excludes halogenated alkanes) is 6. The Morgan fingerprint density at radius 1 is 0.673 bits per heavy atom. The van der Waals surface area contributed by atoms with Crippen LogP contribution in [0.3, 0.4) is 0 Å². The average Bonchev–Trinajstić information content (AvgIpc) is 3.32. The van der Waals surface area contributed by atoms with Crippen LogP contribution in [0.4, 0.5) is 0 Å². The van der Waals surface area contributed by atoms with Crippen LogP contribution in [-0.2, 0) is 52.3 Å². The number of esters is 4. The fourth-order valence-corrected chi connectivity index (χ4v) is 5.37. The molecular weight excluding hydrogens is 648 g/mol. The third-order valence-electron chi connectivity index (χ3n) is 8.38. The number of aliphatic hydroxyl groups is 4. The minimum Gasteiger partial charge on any atom is -0.455 e. The lowest BCUT2D eigenvalue weighted by molar-refractivity contribution is -0.384. The first-order chi connectivity index (χ1) is 23.2. The van der Waals surface area contributed by atoms with Crippen LogP contribution >= 0.6 is 0 Å². The summed E-state index contributed by atoms with van der Waals surface area (Å²) in [4.78, 5) is 51.8. The summed E-state index contributed by atoms with van der Waals surface area (Å²) in [5, 5.41) is 41.9. The zero-order valence-electron chi connectivity index (χ0n) is 29.9. The SMILES string of the molecule is CCCCCCCCCC(=O)O[C@@H]1[C@@H](O[C@]2(CO)O[C@H](CO)[C@H](O)[C@@H]2OC(=O)C(C)C)O[C@@H](CO)[C@H](OC(=O)C(C)C)[C@H]1OC(=O)C(C)C. The van der Waals surface area contributed by atoms with Crippen molar-refractivity contribution in [1.82, 2.24) is 0 Å². The Balaban J connectivity index is 2.55. The van der Waals surface area contributed by atoms with E-state index >= 15 is 0 Å². The second kappa shape index (κ2) is 20.4. The normalized spacial score (nSPS) is 30.1. The third kappa shape index (κ3) is 11.8. The minimum absolute atomic E-state index is 0.0245. The Morgan fingerprint density at radius 3 is 1.69 bits per heavy atom. The van der Waals surface area contributed by atoms with E-state index in [1.807, 2.05) is 0 Å². The molecule has 2 aliphatic heterocycles. The van der Waals surface area contributed by atoms with Gasteiger partial charge >= 0.3 is 23.9 Å². The van der Waals surface area contributed by atoms with Crippen LogP contribution in [0.2, 0.25) is 0 Å². The molecule has 15 heteroatoms. The molecular formula is C34H58O15. The van der Waals surface area contributed by atoms with E-state index in [0.717, 1.165) is 38.5 Å². The maximum Gasteiger partial charge on any atom is 0.308 e. The Kier molecular flexibility index (Phi) is 17.8. The van der Waals surface area contributed by atoms with Crippen LogP contribution in [0, 0.1) is 17.8 Å². The molecule has 0 saturated carbocycles. The van der Waals surface area contributed by atoms with Crippen LogP contribution in [0.5, 0.6) is 0 Å². The van der Waals surface area contributed by atoms with Crippen molar-refractivity contribution in [3.05, 3.63) is 0 Å². The van der Waals surface area contributed by atoms with E-state index in [4.69, 9.17) is 33.2 Å². The number of carbonyl (C=O) groups is 4. The van der Waals surface area contributed by atoms with Crippen LogP contribution < -0.4 is 0 Å². The predicted octanol–water partition coefficient (Wildman–Crippen LogP) is 1.92. The molecule has 284 valence electrons. The summed E-state index contributed by atoms with van der Waals surface area (Å²) in [6, 6.07) is 0. The molecule has 0 aromatic heterocycles. The number of hydrogen-bond acceptors (Lipinski definition) is 15. The quantitative estimate of drug-likeness (QED) is 0.0809. The number of ether oxygens (including phenoxy) is 7. The van der Waals surface area contributed by atoms with E-state index in [-0.39, 0.29) is 6.42 Å². The molecule has 2 aliphatic rings. The summed E-state index contributed by atoms with van der Waals surface area (Å²) in [5.41, 5.74) is 0. The van der Waals surface area contributed by atoms with Gasteiger partial charge in [0.05, 0.1) is 31.0 Å². The molecule has 0 aromatic carbocycles. The Morgan fingerprint density at radius 2 is 1.18 bits per heavy atom. The zero-order chi connectivity index (χ0) is 36.9. The van der Waals surface area contributed by atoms with Crippen molar-refractivity contribution in [1.29, 1.82) is 0 Å². The molecule has 0 amide bonds. The summed E-state index contributed by atoms with van der Waals surface area (Å²) in [7, 11) is 0. The van der Waals surface area contributed by atoms with Crippen molar-refractivity contribution in [3.8, 4) is 0 Å². The van der Waals surface area contributed by atoms with Crippen molar-refractivity contribution in [2.24, 2.45) is 17.8 Å².